The predicted octanol–water partition coefficient (Wildman–Crippen LogP) is 2.01. The van der Waals surface area contributed by atoms with Crippen LogP contribution >= 0.6 is 15.9 Å². The number of furan rings is 1. The smallest absolute Gasteiger partial charge is 0.289 e. The minimum atomic E-state index is -0.238. The Morgan fingerprint density at radius 3 is 2.82 bits per heavy atom. The van der Waals surface area contributed by atoms with Crippen LogP contribution in [0.25, 0.3) is 0 Å². The van der Waals surface area contributed by atoms with Crippen molar-refractivity contribution >= 4 is 21.8 Å². The maximum absolute atomic E-state index is 11.9. The van der Waals surface area contributed by atoms with E-state index in [0.717, 1.165) is 0 Å². The molecule has 0 spiro atoms. The zero-order chi connectivity index (χ0) is 12.4. The van der Waals surface area contributed by atoms with Crippen molar-refractivity contribution in [2.45, 2.75) is 13.5 Å². The van der Waals surface area contributed by atoms with Crippen LogP contribution in [0.1, 0.15) is 22.3 Å². The van der Waals surface area contributed by atoms with Crippen molar-refractivity contribution < 1.29 is 13.7 Å². The number of amides is 1. The first-order chi connectivity index (χ1) is 8.06. The van der Waals surface area contributed by atoms with Gasteiger partial charge in [0.1, 0.15) is 0 Å². The highest BCUT2D eigenvalue weighted by molar-refractivity contribution is 9.10. The summed E-state index contributed by atoms with van der Waals surface area (Å²) in [5.74, 6) is 0.961. The molecule has 0 aliphatic heterocycles. The van der Waals surface area contributed by atoms with Gasteiger partial charge in [-0.3, -0.25) is 4.79 Å². The zero-order valence-corrected chi connectivity index (χ0v) is 10.9. The maximum atomic E-state index is 11.9. The lowest BCUT2D eigenvalue weighted by Gasteiger charge is -2.12. The van der Waals surface area contributed by atoms with Crippen molar-refractivity contribution in [3.63, 3.8) is 0 Å². The Labute approximate surface area is 106 Å². The van der Waals surface area contributed by atoms with Crippen molar-refractivity contribution in [3.8, 4) is 0 Å². The third-order valence-corrected chi connectivity index (χ3v) is 2.51. The Hall–Kier alpha value is -1.63. The lowest BCUT2D eigenvalue weighted by atomic mass is 10.4. The molecule has 0 bridgehead atoms. The van der Waals surface area contributed by atoms with Gasteiger partial charge in [0.25, 0.3) is 5.91 Å². The maximum Gasteiger partial charge on any atom is 0.289 e. The van der Waals surface area contributed by atoms with Crippen LogP contribution in [0.5, 0.6) is 0 Å². The minimum absolute atomic E-state index is 0.238. The van der Waals surface area contributed by atoms with Gasteiger partial charge in [-0.05, 0) is 28.1 Å². The van der Waals surface area contributed by atoms with E-state index in [0.29, 0.717) is 16.4 Å². The Balaban J connectivity index is 2.05. The van der Waals surface area contributed by atoms with Gasteiger partial charge in [0.2, 0.25) is 5.89 Å². The predicted molar refractivity (Wildman–Crippen MR) is 61.2 cm³/mol. The van der Waals surface area contributed by atoms with Crippen LogP contribution in [0, 0.1) is 6.92 Å². The molecule has 1 amide bonds. The third-order valence-electron chi connectivity index (χ3n) is 2.08. The summed E-state index contributed by atoms with van der Waals surface area (Å²) in [6.45, 7) is 1.97. The van der Waals surface area contributed by atoms with E-state index in [1.165, 1.54) is 4.90 Å². The highest BCUT2D eigenvalue weighted by Crippen LogP contribution is 2.15. The molecule has 0 aliphatic rings. The van der Waals surface area contributed by atoms with Crippen LogP contribution in [0.15, 0.2) is 25.7 Å². The van der Waals surface area contributed by atoms with Gasteiger partial charge in [0.05, 0.1) is 6.54 Å². The molecule has 17 heavy (non-hydrogen) atoms. The van der Waals surface area contributed by atoms with Gasteiger partial charge < -0.3 is 13.8 Å². The summed E-state index contributed by atoms with van der Waals surface area (Å²) in [4.78, 5) is 17.4. The molecular formula is C10H10BrN3O3. The van der Waals surface area contributed by atoms with Crippen LogP contribution in [0.2, 0.25) is 0 Å². The molecule has 0 saturated carbocycles. The molecule has 2 aromatic rings. The van der Waals surface area contributed by atoms with Gasteiger partial charge in [-0.15, -0.1) is 0 Å². The van der Waals surface area contributed by atoms with Gasteiger partial charge in [-0.25, -0.2) is 0 Å². The van der Waals surface area contributed by atoms with Gasteiger partial charge in [0.15, 0.2) is 16.3 Å². The summed E-state index contributed by atoms with van der Waals surface area (Å²) < 4.78 is 10.5. The molecule has 2 rings (SSSR count). The number of aryl methyl sites for hydroxylation is 1. The standard InChI is InChI=1S/C10H10BrN3O3/c1-6-12-9(13-17-6)5-14(2)10(15)7-3-4-8(11)16-7/h3-4H,5H2,1-2H3. The average Bonchev–Trinajstić information content (AvgIpc) is 2.87. The largest absolute Gasteiger partial charge is 0.444 e. The van der Waals surface area contributed by atoms with Crippen LogP contribution in [-0.4, -0.2) is 28.0 Å². The van der Waals surface area contributed by atoms with Crippen molar-refractivity contribution in [2.24, 2.45) is 0 Å². The molecule has 7 heteroatoms. The van der Waals surface area contributed by atoms with Gasteiger partial charge in [-0.1, -0.05) is 5.16 Å². The molecule has 0 aromatic carbocycles. The molecule has 2 aromatic heterocycles. The second-order valence-corrected chi connectivity index (χ2v) is 4.28. The molecule has 0 N–H and O–H groups in total. The minimum Gasteiger partial charge on any atom is -0.444 e. The number of aromatic nitrogens is 2. The lowest BCUT2D eigenvalue weighted by Crippen LogP contribution is -2.26. The first-order valence-corrected chi connectivity index (χ1v) is 5.65. The molecule has 0 atom stereocenters. The monoisotopic (exact) mass is 299 g/mol. The van der Waals surface area contributed by atoms with E-state index < -0.39 is 0 Å². The van der Waals surface area contributed by atoms with Crippen molar-refractivity contribution in [1.82, 2.24) is 15.0 Å². The van der Waals surface area contributed by atoms with Crippen LogP contribution < -0.4 is 0 Å². The summed E-state index contributed by atoms with van der Waals surface area (Å²) in [5.41, 5.74) is 0. The summed E-state index contributed by atoms with van der Waals surface area (Å²) in [6, 6.07) is 3.27. The van der Waals surface area contributed by atoms with Gasteiger partial charge >= 0.3 is 0 Å². The highest BCUT2D eigenvalue weighted by atomic mass is 79.9. The molecule has 0 aliphatic carbocycles. The number of carbonyl (C=O) groups excluding carboxylic acids is 1. The quantitative estimate of drug-likeness (QED) is 0.867. The molecule has 6 nitrogen and oxygen atoms in total. The van der Waals surface area contributed by atoms with E-state index in [2.05, 4.69) is 26.1 Å². The summed E-state index contributed by atoms with van der Waals surface area (Å²) in [5, 5.41) is 3.72. The van der Waals surface area contributed by atoms with E-state index in [4.69, 9.17) is 8.94 Å². The van der Waals surface area contributed by atoms with Gasteiger partial charge in [-0.2, -0.15) is 4.98 Å². The fourth-order valence-electron chi connectivity index (χ4n) is 1.31. The van der Waals surface area contributed by atoms with Crippen molar-refractivity contribution in [1.29, 1.82) is 0 Å². The SMILES string of the molecule is Cc1nc(CN(C)C(=O)c2ccc(Br)o2)no1. The van der Waals surface area contributed by atoms with Crippen LogP contribution in [0.3, 0.4) is 0 Å². The molecule has 0 unspecified atom stereocenters. The number of rotatable bonds is 3. The fraction of sp³-hybridized carbons (Fsp3) is 0.300. The zero-order valence-electron chi connectivity index (χ0n) is 9.31. The van der Waals surface area contributed by atoms with Crippen LogP contribution in [0.4, 0.5) is 0 Å². The normalized spacial score (nSPS) is 10.5. The summed E-state index contributed by atoms with van der Waals surface area (Å²) >= 11 is 3.14. The first kappa shape index (κ1) is 11.8. The second-order valence-electron chi connectivity index (χ2n) is 3.49. The van der Waals surface area contributed by atoms with E-state index in [-0.39, 0.29) is 18.2 Å². The summed E-state index contributed by atoms with van der Waals surface area (Å²) in [7, 11) is 1.64. The number of hydrogen-bond acceptors (Lipinski definition) is 5. The van der Waals surface area contributed by atoms with E-state index in [9.17, 15) is 4.79 Å². The molecule has 2 heterocycles. The highest BCUT2D eigenvalue weighted by Gasteiger charge is 2.17. The number of carbonyl (C=O) groups is 1. The van der Waals surface area contributed by atoms with Gasteiger partial charge in [0, 0.05) is 14.0 Å². The fourth-order valence-corrected chi connectivity index (χ4v) is 1.61. The van der Waals surface area contributed by atoms with Crippen LogP contribution in [-0.2, 0) is 6.54 Å². The molecule has 0 radical (unpaired) electrons. The Morgan fingerprint density at radius 2 is 2.29 bits per heavy atom. The van der Waals surface area contributed by atoms with Crippen molar-refractivity contribution in [3.05, 3.63) is 34.3 Å². The lowest BCUT2D eigenvalue weighted by molar-refractivity contribution is 0.0747. The number of hydrogen-bond donors (Lipinski definition) is 0. The number of halogens is 1. The Kier molecular flexibility index (Phi) is 3.28. The molecule has 0 fully saturated rings. The second kappa shape index (κ2) is 4.70. The molecular weight excluding hydrogens is 290 g/mol. The topological polar surface area (TPSA) is 72.4 Å². The van der Waals surface area contributed by atoms with Crippen molar-refractivity contribution in [2.75, 3.05) is 7.05 Å². The average molecular weight is 300 g/mol. The third kappa shape index (κ3) is 2.73. The molecule has 0 saturated heterocycles. The van der Waals surface area contributed by atoms with E-state index in [1.54, 1.807) is 26.1 Å². The van der Waals surface area contributed by atoms with E-state index in [1.807, 2.05) is 0 Å². The molecule has 90 valence electrons. The Bertz CT molecular complexity index is 534. The summed E-state index contributed by atoms with van der Waals surface area (Å²) in [6.07, 6.45) is 0. The first-order valence-electron chi connectivity index (χ1n) is 4.86. The van der Waals surface area contributed by atoms with E-state index >= 15 is 0 Å². The Morgan fingerprint density at radius 1 is 1.53 bits per heavy atom. The number of nitrogens with zero attached hydrogens (tertiary/aromatic N) is 3.